The predicted molar refractivity (Wildman–Crippen MR) is 77.3 cm³/mol. The number of anilines is 1. The summed E-state index contributed by atoms with van der Waals surface area (Å²) in [6.07, 6.45) is 6.26. The second-order valence-electron chi connectivity index (χ2n) is 5.01. The Labute approximate surface area is 111 Å². The van der Waals surface area contributed by atoms with Gasteiger partial charge in [-0.05, 0) is 43.2 Å². The second-order valence-corrected chi connectivity index (χ2v) is 5.01. The first-order valence-electron chi connectivity index (χ1n) is 7.31. The van der Waals surface area contributed by atoms with Gasteiger partial charge < -0.3 is 10.1 Å². The van der Waals surface area contributed by atoms with Crippen molar-refractivity contribution in [2.75, 3.05) is 18.5 Å². The van der Waals surface area contributed by atoms with Crippen LogP contribution < -0.4 is 5.32 Å². The Hall–Kier alpha value is -1.02. The van der Waals surface area contributed by atoms with Crippen molar-refractivity contribution in [1.82, 2.24) is 0 Å². The molecule has 0 radical (unpaired) electrons. The Balaban J connectivity index is 1.94. The molecule has 1 aromatic rings. The highest BCUT2D eigenvalue weighted by atomic mass is 16.5. The van der Waals surface area contributed by atoms with Crippen molar-refractivity contribution in [2.45, 2.75) is 52.1 Å². The van der Waals surface area contributed by atoms with Crippen molar-refractivity contribution in [3.8, 4) is 0 Å². The molecule has 2 nitrogen and oxygen atoms in total. The van der Waals surface area contributed by atoms with Crippen LogP contribution in [0.3, 0.4) is 0 Å². The molecule has 1 atom stereocenters. The average Bonchev–Trinajstić information content (AvgIpc) is 2.92. The Morgan fingerprint density at radius 2 is 1.94 bits per heavy atom. The highest BCUT2D eigenvalue weighted by Crippen LogP contribution is 2.23. The molecule has 1 heterocycles. The minimum Gasteiger partial charge on any atom is -0.385 e. The Morgan fingerprint density at radius 3 is 2.50 bits per heavy atom. The van der Waals surface area contributed by atoms with Crippen molar-refractivity contribution < 1.29 is 4.74 Å². The maximum atomic E-state index is 5.66. The maximum Gasteiger partial charge on any atom is 0.0592 e. The molecular weight excluding hydrogens is 222 g/mol. The molecule has 1 saturated heterocycles. The molecule has 2 rings (SSSR count). The molecule has 18 heavy (non-hydrogen) atoms. The summed E-state index contributed by atoms with van der Waals surface area (Å²) < 4.78 is 5.66. The van der Waals surface area contributed by atoms with Gasteiger partial charge in [-0.15, -0.1) is 0 Å². The number of hydrogen-bond donors (Lipinski definition) is 1. The maximum absolute atomic E-state index is 5.66. The van der Waals surface area contributed by atoms with Gasteiger partial charge in [0.2, 0.25) is 0 Å². The van der Waals surface area contributed by atoms with E-state index in [1.54, 1.807) is 0 Å². The van der Waals surface area contributed by atoms with E-state index in [2.05, 4.69) is 37.4 Å². The van der Waals surface area contributed by atoms with Crippen molar-refractivity contribution in [3.05, 3.63) is 29.3 Å². The summed E-state index contributed by atoms with van der Waals surface area (Å²) in [5.74, 6) is 0. The lowest BCUT2D eigenvalue weighted by atomic mass is 10.0. The highest BCUT2D eigenvalue weighted by Gasteiger charge is 2.15. The van der Waals surface area contributed by atoms with Crippen LogP contribution in [-0.2, 0) is 17.6 Å². The molecule has 0 bridgehead atoms. The molecule has 0 aromatic heterocycles. The lowest BCUT2D eigenvalue weighted by Crippen LogP contribution is -2.14. The number of hydrogen-bond acceptors (Lipinski definition) is 2. The van der Waals surface area contributed by atoms with E-state index in [1.807, 2.05) is 0 Å². The molecular formula is C16H25NO. The molecule has 0 saturated carbocycles. The third-order valence-corrected chi connectivity index (χ3v) is 3.79. The molecule has 1 aliphatic heterocycles. The third-order valence-electron chi connectivity index (χ3n) is 3.79. The zero-order valence-electron chi connectivity index (χ0n) is 11.7. The Bertz CT molecular complexity index is 347. The number of para-hydroxylation sites is 1. The summed E-state index contributed by atoms with van der Waals surface area (Å²) in [5.41, 5.74) is 4.23. The number of aryl methyl sites for hydroxylation is 2. The fraction of sp³-hybridized carbons (Fsp3) is 0.625. The van der Waals surface area contributed by atoms with Gasteiger partial charge in [0.25, 0.3) is 0 Å². The summed E-state index contributed by atoms with van der Waals surface area (Å²) >= 11 is 0. The molecule has 1 aromatic carbocycles. The Morgan fingerprint density at radius 1 is 1.22 bits per heavy atom. The number of nitrogens with one attached hydrogen (secondary N) is 1. The van der Waals surface area contributed by atoms with E-state index in [0.29, 0.717) is 6.10 Å². The van der Waals surface area contributed by atoms with Gasteiger partial charge in [0, 0.05) is 18.8 Å². The lowest BCUT2D eigenvalue weighted by molar-refractivity contribution is 0.107. The van der Waals surface area contributed by atoms with Gasteiger partial charge in [-0.25, -0.2) is 0 Å². The smallest absolute Gasteiger partial charge is 0.0592 e. The minimum atomic E-state index is 0.483. The van der Waals surface area contributed by atoms with Crippen molar-refractivity contribution >= 4 is 5.69 Å². The standard InChI is InChI=1S/C16H25NO/c1-3-13-7-5-8-14(4-2)16(13)17-11-10-15-9-6-12-18-15/h5,7-8,15,17H,3-4,6,9-12H2,1-2H3. The highest BCUT2D eigenvalue weighted by molar-refractivity contribution is 5.57. The van der Waals surface area contributed by atoms with Crippen molar-refractivity contribution in [1.29, 1.82) is 0 Å². The summed E-state index contributed by atoms with van der Waals surface area (Å²) in [4.78, 5) is 0. The largest absolute Gasteiger partial charge is 0.385 e. The lowest BCUT2D eigenvalue weighted by Gasteiger charge is -2.16. The monoisotopic (exact) mass is 247 g/mol. The predicted octanol–water partition coefficient (Wildman–Crippen LogP) is 3.79. The molecule has 1 N–H and O–H groups in total. The van der Waals surface area contributed by atoms with Crippen LogP contribution in [0.25, 0.3) is 0 Å². The van der Waals surface area contributed by atoms with Crippen LogP contribution in [0.2, 0.25) is 0 Å². The van der Waals surface area contributed by atoms with Crippen molar-refractivity contribution in [2.24, 2.45) is 0 Å². The molecule has 0 aliphatic carbocycles. The van der Waals surface area contributed by atoms with E-state index in [0.717, 1.165) is 32.4 Å². The van der Waals surface area contributed by atoms with Crippen LogP contribution in [0.4, 0.5) is 5.69 Å². The molecule has 100 valence electrons. The molecule has 1 unspecified atom stereocenters. The first-order chi connectivity index (χ1) is 8.85. The first kappa shape index (κ1) is 13.4. The van der Waals surface area contributed by atoms with Gasteiger partial charge in [-0.2, -0.15) is 0 Å². The topological polar surface area (TPSA) is 21.3 Å². The van der Waals surface area contributed by atoms with E-state index in [9.17, 15) is 0 Å². The molecule has 1 fully saturated rings. The van der Waals surface area contributed by atoms with Gasteiger partial charge in [-0.1, -0.05) is 32.0 Å². The summed E-state index contributed by atoms with van der Waals surface area (Å²) in [7, 11) is 0. The molecule has 0 amide bonds. The van der Waals surface area contributed by atoms with Crippen LogP contribution in [0.1, 0.15) is 44.2 Å². The van der Waals surface area contributed by atoms with Gasteiger partial charge >= 0.3 is 0 Å². The van der Waals surface area contributed by atoms with E-state index in [1.165, 1.54) is 29.7 Å². The molecule has 1 aliphatic rings. The van der Waals surface area contributed by atoms with Crippen LogP contribution in [0.5, 0.6) is 0 Å². The van der Waals surface area contributed by atoms with Crippen LogP contribution in [-0.4, -0.2) is 19.3 Å². The van der Waals surface area contributed by atoms with Crippen LogP contribution in [0, 0.1) is 0 Å². The van der Waals surface area contributed by atoms with E-state index < -0.39 is 0 Å². The van der Waals surface area contributed by atoms with E-state index in [-0.39, 0.29) is 0 Å². The minimum absolute atomic E-state index is 0.483. The summed E-state index contributed by atoms with van der Waals surface area (Å²) in [5, 5.41) is 3.63. The summed E-state index contributed by atoms with van der Waals surface area (Å²) in [6.45, 7) is 6.42. The summed E-state index contributed by atoms with van der Waals surface area (Å²) in [6, 6.07) is 6.63. The van der Waals surface area contributed by atoms with Gasteiger partial charge in [-0.3, -0.25) is 0 Å². The fourth-order valence-corrected chi connectivity index (χ4v) is 2.70. The Kier molecular flexibility index (Phi) is 5.06. The second kappa shape index (κ2) is 6.79. The normalized spacial score (nSPS) is 19.1. The van der Waals surface area contributed by atoms with Gasteiger partial charge in [0.05, 0.1) is 6.10 Å². The van der Waals surface area contributed by atoms with Crippen LogP contribution in [0.15, 0.2) is 18.2 Å². The van der Waals surface area contributed by atoms with Gasteiger partial charge in [0.15, 0.2) is 0 Å². The number of rotatable bonds is 6. The third kappa shape index (κ3) is 3.26. The fourth-order valence-electron chi connectivity index (χ4n) is 2.70. The van der Waals surface area contributed by atoms with E-state index in [4.69, 9.17) is 4.74 Å². The zero-order valence-corrected chi connectivity index (χ0v) is 11.7. The molecule has 2 heteroatoms. The zero-order chi connectivity index (χ0) is 12.8. The number of ether oxygens (including phenoxy) is 1. The van der Waals surface area contributed by atoms with E-state index >= 15 is 0 Å². The van der Waals surface area contributed by atoms with Crippen molar-refractivity contribution in [3.63, 3.8) is 0 Å². The van der Waals surface area contributed by atoms with Gasteiger partial charge in [0.1, 0.15) is 0 Å². The molecule has 0 spiro atoms. The quantitative estimate of drug-likeness (QED) is 0.825. The average molecular weight is 247 g/mol. The first-order valence-corrected chi connectivity index (χ1v) is 7.31. The number of benzene rings is 1. The van der Waals surface area contributed by atoms with Crippen LogP contribution >= 0.6 is 0 Å². The SMILES string of the molecule is CCc1cccc(CC)c1NCCC1CCCO1.